The first-order valence-electron chi connectivity index (χ1n) is 10.1. The molecule has 0 aliphatic heterocycles. The number of rotatable bonds is 11. The molecule has 4 heteroatoms. The molecule has 0 spiro atoms. The van der Waals surface area contributed by atoms with Crippen molar-refractivity contribution in [1.82, 2.24) is 0 Å². The summed E-state index contributed by atoms with van der Waals surface area (Å²) >= 11 is 0. The Balaban J connectivity index is 1.69. The molecule has 0 heterocycles. The molecule has 0 aliphatic carbocycles. The summed E-state index contributed by atoms with van der Waals surface area (Å²) in [4.78, 5) is 10.6. The quantitative estimate of drug-likeness (QED) is 0.393. The van der Waals surface area contributed by atoms with Gasteiger partial charge in [-0.1, -0.05) is 72.8 Å². The number of carbonyl (C=O) groups is 1. The maximum atomic E-state index is 10.6. The average molecular weight is 402 g/mol. The number of allylic oxidation sites excluding steroid dienone is 1. The minimum absolute atomic E-state index is 0.175. The monoisotopic (exact) mass is 402 g/mol. The largest absolute Gasteiger partial charge is 0.489 e. The van der Waals surface area contributed by atoms with Crippen molar-refractivity contribution in [2.24, 2.45) is 0 Å². The van der Waals surface area contributed by atoms with Crippen LogP contribution in [0.2, 0.25) is 0 Å². The second-order valence-corrected chi connectivity index (χ2v) is 6.94. The molecule has 3 aromatic carbocycles. The molecular weight excluding hydrogens is 376 g/mol. The predicted molar refractivity (Wildman–Crippen MR) is 119 cm³/mol. The lowest BCUT2D eigenvalue weighted by atomic mass is 10.1. The number of hydrogen-bond acceptors (Lipinski definition) is 3. The second kappa shape index (κ2) is 11.5. The third kappa shape index (κ3) is 7.13. The second-order valence-electron chi connectivity index (χ2n) is 6.94. The van der Waals surface area contributed by atoms with Crippen molar-refractivity contribution in [3.63, 3.8) is 0 Å². The van der Waals surface area contributed by atoms with E-state index in [0.29, 0.717) is 26.1 Å². The van der Waals surface area contributed by atoms with Crippen LogP contribution < -0.4 is 9.47 Å². The predicted octanol–water partition coefficient (Wildman–Crippen LogP) is 6.11. The van der Waals surface area contributed by atoms with E-state index < -0.39 is 5.97 Å². The lowest BCUT2D eigenvalue weighted by Gasteiger charge is -2.13. The van der Waals surface area contributed by atoms with Gasteiger partial charge in [-0.2, -0.15) is 0 Å². The van der Waals surface area contributed by atoms with E-state index in [4.69, 9.17) is 14.6 Å². The fourth-order valence-electron chi connectivity index (χ4n) is 2.92. The highest BCUT2D eigenvalue weighted by Gasteiger charge is 2.06. The third-order valence-corrected chi connectivity index (χ3v) is 4.53. The average Bonchev–Trinajstić information content (AvgIpc) is 2.78. The molecule has 0 fully saturated rings. The molecule has 0 unspecified atom stereocenters. The number of carboxylic acids is 1. The van der Waals surface area contributed by atoms with Crippen molar-refractivity contribution >= 4 is 12.0 Å². The molecule has 30 heavy (non-hydrogen) atoms. The summed E-state index contributed by atoms with van der Waals surface area (Å²) in [5.74, 6) is 0.707. The van der Waals surface area contributed by atoms with E-state index in [0.717, 1.165) is 28.2 Å². The van der Waals surface area contributed by atoms with Crippen LogP contribution in [0.5, 0.6) is 11.5 Å². The molecule has 3 rings (SSSR count). The highest BCUT2D eigenvalue weighted by Crippen LogP contribution is 2.28. The Hall–Kier alpha value is -3.53. The molecule has 0 radical (unpaired) electrons. The van der Waals surface area contributed by atoms with E-state index in [1.807, 2.05) is 91.0 Å². The molecule has 3 aromatic rings. The van der Waals surface area contributed by atoms with Crippen molar-refractivity contribution in [2.45, 2.75) is 32.5 Å². The van der Waals surface area contributed by atoms with Gasteiger partial charge in [-0.15, -0.1) is 0 Å². The lowest BCUT2D eigenvalue weighted by Crippen LogP contribution is -1.99. The minimum atomic E-state index is -0.768. The summed E-state index contributed by atoms with van der Waals surface area (Å²) in [6, 6.07) is 25.8. The molecule has 0 aliphatic rings. The summed E-state index contributed by atoms with van der Waals surface area (Å²) in [5.41, 5.74) is 3.13. The Labute approximate surface area is 177 Å². The van der Waals surface area contributed by atoms with Crippen LogP contribution in [-0.4, -0.2) is 11.1 Å². The van der Waals surface area contributed by atoms with Crippen LogP contribution in [0.3, 0.4) is 0 Å². The zero-order valence-electron chi connectivity index (χ0n) is 16.9. The Kier molecular flexibility index (Phi) is 8.10. The maximum Gasteiger partial charge on any atom is 0.303 e. The number of hydrogen-bond donors (Lipinski definition) is 1. The van der Waals surface area contributed by atoms with Gasteiger partial charge in [-0.25, -0.2) is 0 Å². The molecule has 0 saturated heterocycles. The van der Waals surface area contributed by atoms with Crippen LogP contribution >= 0.6 is 0 Å². The lowest BCUT2D eigenvalue weighted by molar-refractivity contribution is -0.137. The van der Waals surface area contributed by atoms with Gasteiger partial charge in [0, 0.05) is 18.1 Å². The zero-order chi connectivity index (χ0) is 21.0. The summed E-state index contributed by atoms with van der Waals surface area (Å²) in [6.45, 7) is 0.951. The van der Waals surface area contributed by atoms with Crippen LogP contribution in [0, 0.1) is 0 Å². The highest BCUT2D eigenvalue weighted by molar-refractivity contribution is 5.66. The van der Waals surface area contributed by atoms with Gasteiger partial charge >= 0.3 is 5.97 Å². The van der Waals surface area contributed by atoms with E-state index in [1.54, 1.807) is 0 Å². The summed E-state index contributed by atoms with van der Waals surface area (Å²) in [6.07, 6.45) is 5.45. The number of unbranched alkanes of at least 4 members (excludes halogenated alkanes) is 1. The van der Waals surface area contributed by atoms with Crippen molar-refractivity contribution in [1.29, 1.82) is 0 Å². The molecule has 0 amide bonds. The smallest absolute Gasteiger partial charge is 0.303 e. The normalized spacial score (nSPS) is 10.8. The van der Waals surface area contributed by atoms with Crippen LogP contribution in [0.1, 0.15) is 36.0 Å². The maximum absolute atomic E-state index is 10.6. The van der Waals surface area contributed by atoms with Gasteiger partial charge in [0.05, 0.1) is 0 Å². The van der Waals surface area contributed by atoms with Crippen molar-refractivity contribution < 1.29 is 19.4 Å². The van der Waals surface area contributed by atoms with Crippen LogP contribution in [0.4, 0.5) is 0 Å². The standard InChI is InChI=1S/C26H26O4/c27-26(28)15-9-3-8-14-23-16-17-24(29-19-21-10-4-1-5-11-21)18-25(23)30-20-22-12-6-2-7-13-22/h1-2,4-8,10-14,16-18H,3,9,15,19-20H2,(H,27,28)/b14-8+. The van der Waals surface area contributed by atoms with Gasteiger partial charge in [0.25, 0.3) is 0 Å². The molecule has 0 saturated carbocycles. The van der Waals surface area contributed by atoms with Gasteiger partial charge < -0.3 is 14.6 Å². The van der Waals surface area contributed by atoms with Crippen LogP contribution in [-0.2, 0) is 18.0 Å². The van der Waals surface area contributed by atoms with Crippen molar-refractivity contribution in [3.8, 4) is 11.5 Å². The topological polar surface area (TPSA) is 55.8 Å². The molecule has 1 N–H and O–H groups in total. The van der Waals surface area contributed by atoms with Gasteiger partial charge in [-0.05, 0) is 36.1 Å². The number of ether oxygens (including phenoxy) is 2. The molecule has 4 nitrogen and oxygen atoms in total. The molecule has 0 aromatic heterocycles. The highest BCUT2D eigenvalue weighted by atomic mass is 16.5. The SMILES string of the molecule is O=C(O)CCC/C=C/c1ccc(OCc2ccccc2)cc1OCc1ccccc1. The Bertz CT molecular complexity index is 949. The Morgan fingerprint density at radius 2 is 1.47 bits per heavy atom. The van der Waals surface area contributed by atoms with Gasteiger partial charge in [0.1, 0.15) is 24.7 Å². The van der Waals surface area contributed by atoms with Gasteiger partial charge in [0.15, 0.2) is 0 Å². The summed E-state index contributed by atoms with van der Waals surface area (Å²) < 4.78 is 12.0. The molecule has 154 valence electrons. The molecule has 0 bridgehead atoms. The van der Waals surface area contributed by atoms with Gasteiger partial charge in [0.2, 0.25) is 0 Å². The summed E-state index contributed by atoms with van der Waals surface area (Å²) in [5, 5.41) is 8.76. The molecule has 0 atom stereocenters. The summed E-state index contributed by atoms with van der Waals surface area (Å²) in [7, 11) is 0. The first kappa shape index (κ1) is 21.2. The Morgan fingerprint density at radius 3 is 2.10 bits per heavy atom. The number of carboxylic acid groups (broad SMARTS) is 1. The van der Waals surface area contributed by atoms with Crippen LogP contribution in [0.25, 0.3) is 6.08 Å². The molecular formula is C26H26O4. The van der Waals surface area contributed by atoms with Crippen LogP contribution in [0.15, 0.2) is 84.9 Å². The van der Waals surface area contributed by atoms with Crippen molar-refractivity contribution in [2.75, 3.05) is 0 Å². The zero-order valence-corrected chi connectivity index (χ0v) is 16.9. The third-order valence-electron chi connectivity index (χ3n) is 4.53. The fraction of sp³-hybridized carbons (Fsp3) is 0.192. The van der Waals surface area contributed by atoms with Gasteiger partial charge in [-0.3, -0.25) is 4.79 Å². The number of benzene rings is 3. The van der Waals surface area contributed by atoms with E-state index in [1.165, 1.54) is 0 Å². The fourth-order valence-corrected chi connectivity index (χ4v) is 2.92. The van der Waals surface area contributed by atoms with E-state index >= 15 is 0 Å². The minimum Gasteiger partial charge on any atom is -0.489 e. The van der Waals surface area contributed by atoms with E-state index in [2.05, 4.69) is 0 Å². The number of aliphatic carboxylic acids is 1. The first-order chi connectivity index (χ1) is 14.7. The Morgan fingerprint density at radius 1 is 0.833 bits per heavy atom. The first-order valence-corrected chi connectivity index (χ1v) is 10.1. The van der Waals surface area contributed by atoms with Crippen molar-refractivity contribution in [3.05, 3.63) is 102 Å². The van der Waals surface area contributed by atoms with E-state index in [-0.39, 0.29) is 6.42 Å². The van der Waals surface area contributed by atoms with E-state index in [9.17, 15) is 4.79 Å².